The van der Waals surface area contributed by atoms with Crippen molar-refractivity contribution in [1.82, 2.24) is 4.57 Å². The van der Waals surface area contributed by atoms with E-state index in [2.05, 4.69) is 169 Å². The molecule has 9 aromatic rings. The van der Waals surface area contributed by atoms with Crippen LogP contribution >= 0.6 is 0 Å². The van der Waals surface area contributed by atoms with Crippen LogP contribution in [0.3, 0.4) is 0 Å². The highest BCUT2D eigenvalue weighted by Gasteiger charge is 2.36. The van der Waals surface area contributed by atoms with Gasteiger partial charge in [-0.25, -0.2) is 8.42 Å². The molecule has 2 heterocycles. The topological polar surface area (TPSA) is 42.3 Å². The number of sulfone groups is 1. The van der Waals surface area contributed by atoms with E-state index >= 15 is 0 Å². The van der Waals surface area contributed by atoms with Gasteiger partial charge in [0.2, 0.25) is 9.84 Å². The van der Waals surface area contributed by atoms with E-state index in [0.717, 1.165) is 44.7 Å². The minimum Gasteiger partial charge on any atom is -0.310 e. The number of hydrogen-bond acceptors (Lipinski definition) is 3. The van der Waals surface area contributed by atoms with Crippen LogP contribution in [-0.4, -0.2) is 13.0 Å². The molecular formula is C51H38N2O2S. The number of fused-ring (bicyclic) bond motifs is 5. The molecule has 1 aromatic heterocycles. The molecule has 0 saturated heterocycles. The lowest BCUT2D eigenvalue weighted by Crippen LogP contribution is -2.30. The molecule has 0 bridgehead atoms. The lowest BCUT2D eigenvalue weighted by atomic mass is 9.73. The van der Waals surface area contributed by atoms with Gasteiger partial charge in [-0.3, -0.25) is 0 Å². The van der Waals surface area contributed by atoms with E-state index < -0.39 is 9.84 Å². The summed E-state index contributed by atoms with van der Waals surface area (Å²) in [7, 11) is -3.71. The predicted molar refractivity (Wildman–Crippen MR) is 230 cm³/mol. The maximum atomic E-state index is 13.8. The van der Waals surface area contributed by atoms with Gasteiger partial charge in [-0.15, -0.1) is 0 Å². The van der Waals surface area contributed by atoms with Crippen LogP contribution in [0.2, 0.25) is 0 Å². The van der Waals surface area contributed by atoms with Crippen LogP contribution in [0.4, 0.5) is 17.1 Å². The zero-order valence-corrected chi connectivity index (χ0v) is 31.9. The molecule has 8 aromatic carbocycles. The standard InChI is InChI=1S/C51H38N2O2S/c1-51(2)45-13-5-9-17-49(45)53(50-18-10-6-14-46(50)51)40-29-21-36(22-30-40)38-25-33-42(34-26-38)56(54,55)41-31-23-37(24-32-41)35-19-27-39(28-20-35)52-47-15-7-3-11-43(47)44-12-4-8-16-48(44)52/h3-34H,1-2H3. The molecule has 0 spiro atoms. The lowest BCUT2D eigenvalue weighted by molar-refractivity contribution is 0.596. The Bertz CT molecular complexity index is 2930. The number of rotatable bonds is 6. The molecule has 0 N–H and O–H groups in total. The number of benzene rings is 8. The lowest BCUT2D eigenvalue weighted by Gasteiger charge is -2.42. The van der Waals surface area contributed by atoms with Crippen LogP contribution < -0.4 is 4.90 Å². The van der Waals surface area contributed by atoms with E-state index in [1.54, 1.807) is 24.3 Å². The molecule has 0 amide bonds. The minimum atomic E-state index is -3.71. The molecule has 4 nitrogen and oxygen atoms in total. The summed E-state index contributed by atoms with van der Waals surface area (Å²) in [6.45, 7) is 4.58. The summed E-state index contributed by atoms with van der Waals surface area (Å²) in [4.78, 5) is 2.87. The molecule has 56 heavy (non-hydrogen) atoms. The molecule has 5 heteroatoms. The highest BCUT2D eigenvalue weighted by atomic mass is 32.2. The molecule has 0 fully saturated rings. The van der Waals surface area contributed by atoms with Gasteiger partial charge in [0.25, 0.3) is 0 Å². The highest BCUT2D eigenvalue weighted by Crippen LogP contribution is 2.51. The van der Waals surface area contributed by atoms with Crippen LogP contribution in [-0.2, 0) is 15.3 Å². The predicted octanol–water partition coefficient (Wildman–Crippen LogP) is 13.1. The van der Waals surface area contributed by atoms with Crippen molar-refractivity contribution in [3.63, 3.8) is 0 Å². The van der Waals surface area contributed by atoms with Crippen molar-refractivity contribution in [2.24, 2.45) is 0 Å². The van der Waals surface area contributed by atoms with Crippen molar-refractivity contribution >= 4 is 48.7 Å². The van der Waals surface area contributed by atoms with E-state index in [4.69, 9.17) is 0 Å². The summed E-state index contributed by atoms with van der Waals surface area (Å²) in [5.74, 6) is 0. The number of anilines is 3. The Hall–Kier alpha value is -6.69. The summed E-state index contributed by atoms with van der Waals surface area (Å²) in [5.41, 5.74) is 13.3. The Morgan fingerprint density at radius 2 is 0.750 bits per heavy atom. The van der Waals surface area contributed by atoms with E-state index in [-0.39, 0.29) is 15.2 Å². The summed E-state index contributed by atoms with van der Waals surface area (Å²) in [6, 6.07) is 65.5. The Kier molecular flexibility index (Phi) is 7.84. The summed E-state index contributed by atoms with van der Waals surface area (Å²) < 4.78 is 29.8. The molecule has 0 unspecified atom stereocenters. The maximum absolute atomic E-state index is 13.8. The quantitative estimate of drug-likeness (QED) is 0.170. The smallest absolute Gasteiger partial charge is 0.206 e. The fraction of sp³-hybridized carbons (Fsp3) is 0.0588. The molecule has 270 valence electrons. The van der Waals surface area contributed by atoms with Gasteiger partial charge in [-0.05, 0) is 106 Å². The second-order valence-electron chi connectivity index (χ2n) is 15.0. The van der Waals surface area contributed by atoms with Gasteiger partial charge < -0.3 is 9.47 Å². The molecule has 0 aliphatic carbocycles. The van der Waals surface area contributed by atoms with E-state index in [0.29, 0.717) is 0 Å². The van der Waals surface area contributed by atoms with Gasteiger partial charge in [-0.2, -0.15) is 0 Å². The van der Waals surface area contributed by atoms with Gasteiger partial charge in [0.05, 0.1) is 32.2 Å². The zero-order valence-electron chi connectivity index (χ0n) is 31.1. The third-order valence-electron chi connectivity index (χ3n) is 11.5. The van der Waals surface area contributed by atoms with Gasteiger partial charge in [0, 0.05) is 27.6 Å². The van der Waals surface area contributed by atoms with Crippen molar-refractivity contribution in [3.05, 3.63) is 205 Å². The Balaban J connectivity index is 0.883. The first-order chi connectivity index (χ1) is 27.3. The maximum Gasteiger partial charge on any atom is 0.206 e. The van der Waals surface area contributed by atoms with Crippen molar-refractivity contribution in [2.45, 2.75) is 29.1 Å². The normalized spacial score (nSPS) is 13.4. The van der Waals surface area contributed by atoms with E-state index in [1.807, 2.05) is 24.3 Å². The fourth-order valence-corrected chi connectivity index (χ4v) is 9.80. The second-order valence-corrected chi connectivity index (χ2v) is 17.0. The highest BCUT2D eigenvalue weighted by molar-refractivity contribution is 7.91. The average molecular weight is 743 g/mol. The third kappa shape index (κ3) is 5.38. The monoisotopic (exact) mass is 742 g/mol. The first-order valence-electron chi connectivity index (χ1n) is 18.9. The van der Waals surface area contributed by atoms with Gasteiger partial charge in [0.1, 0.15) is 0 Å². The molecule has 1 aliphatic heterocycles. The van der Waals surface area contributed by atoms with Crippen LogP contribution in [0.5, 0.6) is 0 Å². The van der Waals surface area contributed by atoms with Gasteiger partial charge >= 0.3 is 0 Å². The summed E-state index contributed by atoms with van der Waals surface area (Å²) >= 11 is 0. The number of aromatic nitrogens is 1. The van der Waals surface area contributed by atoms with Crippen molar-refractivity contribution in [1.29, 1.82) is 0 Å². The Morgan fingerprint density at radius 1 is 0.393 bits per heavy atom. The van der Waals surface area contributed by atoms with Gasteiger partial charge in [-0.1, -0.05) is 135 Å². The molecule has 0 saturated carbocycles. The van der Waals surface area contributed by atoms with Gasteiger partial charge in [0.15, 0.2) is 0 Å². The van der Waals surface area contributed by atoms with Crippen molar-refractivity contribution in [2.75, 3.05) is 4.90 Å². The molecule has 0 atom stereocenters. The van der Waals surface area contributed by atoms with Crippen molar-refractivity contribution in [3.8, 4) is 27.9 Å². The summed E-state index contributed by atoms with van der Waals surface area (Å²) in [6.07, 6.45) is 0. The van der Waals surface area contributed by atoms with Crippen LogP contribution in [0, 0.1) is 0 Å². The average Bonchev–Trinajstić information content (AvgIpc) is 3.59. The number of nitrogens with zero attached hydrogens (tertiary/aromatic N) is 2. The van der Waals surface area contributed by atoms with Crippen LogP contribution in [0.1, 0.15) is 25.0 Å². The molecule has 10 rings (SSSR count). The number of hydrogen-bond donors (Lipinski definition) is 0. The first-order valence-corrected chi connectivity index (χ1v) is 20.4. The van der Waals surface area contributed by atoms with E-state index in [1.165, 1.54) is 33.3 Å². The molecule has 1 aliphatic rings. The van der Waals surface area contributed by atoms with Crippen LogP contribution in [0.15, 0.2) is 204 Å². The SMILES string of the molecule is CC1(C)c2ccccc2N(c2ccc(-c3ccc(S(=O)(=O)c4ccc(-c5ccc(-n6c7ccccc7c7ccccc76)cc5)cc4)cc3)cc2)c2ccccc21. The van der Waals surface area contributed by atoms with Crippen LogP contribution in [0.25, 0.3) is 49.7 Å². The van der Waals surface area contributed by atoms with Crippen molar-refractivity contribution < 1.29 is 8.42 Å². The Morgan fingerprint density at radius 3 is 1.20 bits per heavy atom. The minimum absolute atomic E-state index is 0.115. The first kappa shape index (κ1) is 33.8. The second kappa shape index (κ2) is 13.0. The molecule has 0 radical (unpaired) electrons. The number of para-hydroxylation sites is 4. The molecular weight excluding hydrogens is 705 g/mol. The Labute approximate surface area is 327 Å². The largest absolute Gasteiger partial charge is 0.310 e. The van der Waals surface area contributed by atoms with E-state index in [9.17, 15) is 8.42 Å². The third-order valence-corrected chi connectivity index (χ3v) is 13.2. The summed E-state index contributed by atoms with van der Waals surface area (Å²) in [5, 5.41) is 2.45. The zero-order chi connectivity index (χ0) is 38.0. The fourth-order valence-electron chi connectivity index (χ4n) is 8.54.